The second-order valence-corrected chi connectivity index (χ2v) is 17.9. The number of aliphatic hydroxyl groups is 2. The van der Waals surface area contributed by atoms with E-state index in [2.05, 4.69) is 4.74 Å². The van der Waals surface area contributed by atoms with Crippen LogP contribution < -0.4 is 0 Å². The van der Waals surface area contributed by atoms with Gasteiger partial charge in [-0.25, -0.2) is 4.79 Å². The van der Waals surface area contributed by atoms with E-state index in [1.807, 2.05) is 83.1 Å². The van der Waals surface area contributed by atoms with E-state index in [0.717, 1.165) is 32.1 Å². The first-order valence-electron chi connectivity index (χ1n) is 20.0. The molecular weight excluding hydrogens is 728 g/mol. The number of hydrogen-bond acceptors (Lipinski definition) is 14. The molecule has 0 aromatic rings. The third-order valence-corrected chi connectivity index (χ3v) is 6.97. The molecule has 334 valence electrons. The molecule has 14 heteroatoms. The summed E-state index contributed by atoms with van der Waals surface area (Å²) < 4.78 is 41.7. The number of ether oxygens (including phenoxy) is 8. The van der Waals surface area contributed by atoms with Gasteiger partial charge in [0.1, 0.15) is 26.4 Å². The van der Waals surface area contributed by atoms with Crippen LogP contribution in [0.5, 0.6) is 0 Å². The molecule has 1 aliphatic carbocycles. The molecule has 0 bridgehead atoms. The Labute approximate surface area is 339 Å². The predicted octanol–water partition coefficient (Wildman–Crippen LogP) is 6.76. The molecule has 56 heavy (non-hydrogen) atoms. The van der Waals surface area contributed by atoms with Crippen LogP contribution >= 0.6 is 0 Å². The van der Waals surface area contributed by atoms with E-state index in [-0.39, 0.29) is 72.1 Å². The molecule has 1 rings (SSSR count). The standard InChI is InChI=1S/C17H32O6.C11H22O3.C7H14O3.C7H14O2/c1-12(2)14(18)21-11-13(3)23-17(7,8)15(19)20-9-10-22-16(4,5)6;1-8(2)10(12)13-7-9(3)14-11(4,5)6;1-7(2,3)10-5-4-9-6-8;8-6-2-1-3-7(9)5-4-6/h12-13H,9-11H2,1-8H3;8-9H,7H2,1-6H3;6H,4-5H2,1-3H3;6-9H,1-5H2. The Balaban J connectivity index is -0.000000723. The lowest BCUT2D eigenvalue weighted by molar-refractivity contribution is -0.181. The average molecular weight is 811 g/mol. The van der Waals surface area contributed by atoms with Crippen LogP contribution in [0.2, 0.25) is 0 Å². The largest absolute Gasteiger partial charge is 0.465 e. The first kappa shape index (κ1) is 58.0. The molecule has 0 aromatic carbocycles. The van der Waals surface area contributed by atoms with Crippen molar-refractivity contribution in [1.29, 1.82) is 0 Å². The quantitative estimate of drug-likeness (QED) is 0.0517. The van der Waals surface area contributed by atoms with Gasteiger partial charge in [-0.3, -0.25) is 14.4 Å². The van der Waals surface area contributed by atoms with Crippen LogP contribution in [0.4, 0.5) is 0 Å². The minimum absolute atomic E-state index is 0.0577. The van der Waals surface area contributed by atoms with Crippen molar-refractivity contribution in [1.82, 2.24) is 0 Å². The summed E-state index contributed by atoms with van der Waals surface area (Å²) in [6.07, 6.45) is 3.51. The number of rotatable bonds is 17. The van der Waals surface area contributed by atoms with Crippen molar-refractivity contribution in [3.8, 4) is 0 Å². The van der Waals surface area contributed by atoms with E-state index in [0.29, 0.717) is 32.9 Å². The third-order valence-electron chi connectivity index (χ3n) is 6.97. The molecule has 1 aliphatic rings. The summed E-state index contributed by atoms with van der Waals surface area (Å²) >= 11 is 0. The van der Waals surface area contributed by atoms with E-state index in [1.165, 1.54) is 0 Å². The lowest BCUT2D eigenvalue weighted by atomic mass is 10.1. The molecule has 0 amide bonds. The molecule has 4 atom stereocenters. The van der Waals surface area contributed by atoms with Gasteiger partial charge in [-0.15, -0.1) is 0 Å². The van der Waals surface area contributed by atoms with Crippen LogP contribution in [-0.4, -0.2) is 121 Å². The normalized spacial score (nSPS) is 17.3. The highest BCUT2D eigenvalue weighted by atomic mass is 16.6. The van der Waals surface area contributed by atoms with Crippen molar-refractivity contribution >= 4 is 24.4 Å². The van der Waals surface area contributed by atoms with Crippen molar-refractivity contribution in [2.45, 2.75) is 197 Å². The van der Waals surface area contributed by atoms with E-state index in [9.17, 15) is 19.2 Å². The van der Waals surface area contributed by atoms with Crippen molar-refractivity contribution in [3.63, 3.8) is 0 Å². The van der Waals surface area contributed by atoms with Crippen LogP contribution in [0.25, 0.3) is 0 Å². The second-order valence-electron chi connectivity index (χ2n) is 17.9. The van der Waals surface area contributed by atoms with Crippen molar-refractivity contribution < 1.29 is 67.3 Å². The highest BCUT2D eigenvalue weighted by Crippen LogP contribution is 2.18. The highest BCUT2D eigenvalue weighted by molar-refractivity contribution is 5.78. The zero-order chi connectivity index (χ0) is 44.3. The first-order chi connectivity index (χ1) is 25.4. The first-order valence-corrected chi connectivity index (χ1v) is 20.0. The van der Waals surface area contributed by atoms with Gasteiger partial charge in [0.15, 0.2) is 5.60 Å². The minimum atomic E-state index is -1.12. The summed E-state index contributed by atoms with van der Waals surface area (Å²) in [6.45, 7) is 33.8. The number of hydrogen-bond donors (Lipinski definition) is 2. The lowest BCUT2D eigenvalue weighted by Gasteiger charge is -2.27. The summed E-state index contributed by atoms with van der Waals surface area (Å²) in [5.74, 6) is -1.20. The fourth-order valence-corrected chi connectivity index (χ4v) is 4.32. The maximum absolute atomic E-state index is 12.1. The van der Waals surface area contributed by atoms with Crippen LogP contribution in [0.1, 0.15) is 150 Å². The number of carbonyl (C=O) groups excluding carboxylic acids is 4. The van der Waals surface area contributed by atoms with Crippen LogP contribution in [0, 0.1) is 11.8 Å². The fraction of sp³-hybridized carbons (Fsp3) is 0.905. The Morgan fingerprint density at radius 2 is 0.964 bits per heavy atom. The monoisotopic (exact) mass is 811 g/mol. The molecule has 0 saturated heterocycles. The van der Waals surface area contributed by atoms with Crippen molar-refractivity contribution in [2.75, 3.05) is 39.6 Å². The van der Waals surface area contributed by atoms with Gasteiger partial charge in [-0.2, -0.15) is 0 Å². The molecule has 0 spiro atoms. The smallest absolute Gasteiger partial charge is 0.337 e. The summed E-state index contributed by atoms with van der Waals surface area (Å²) in [4.78, 5) is 44.3. The lowest BCUT2D eigenvalue weighted by Crippen LogP contribution is -2.41. The molecule has 0 aliphatic heterocycles. The van der Waals surface area contributed by atoms with Gasteiger partial charge in [0.25, 0.3) is 6.47 Å². The Bertz CT molecular complexity index is 1030. The topological polar surface area (TPSA) is 183 Å². The van der Waals surface area contributed by atoms with Gasteiger partial charge < -0.3 is 48.1 Å². The highest BCUT2D eigenvalue weighted by Gasteiger charge is 2.33. The molecule has 0 radical (unpaired) electrons. The molecule has 0 aromatic heterocycles. The average Bonchev–Trinajstić information content (AvgIpc) is 3.23. The fourth-order valence-electron chi connectivity index (χ4n) is 4.32. The summed E-state index contributed by atoms with van der Waals surface area (Å²) in [7, 11) is 0. The van der Waals surface area contributed by atoms with Crippen molar-refractivity contribution in [2.24, 2.45) is 11.8 Å². The maximum Gasteiger partial charge on any atom is 0.337 e. The van der Waals surface area contributed by atoms with Gasteiger partial charge in [0.05, 0.1) is 66.3 Å². The van der Waals surface area contributed by atoms with Crippen LogP contribution in [0.3, 0.4) is 0 Å². The van der Waals surface area contributed by atoms with E-state index in [4.69, 9.17) is 43.4 Å². The van der Waals surface area contributed by atoms with Crippen LogP contribution in [-0.2, 0) is 57.1 Å². The second kappa shape index (κ2) is 29.8. The molecule has 0 heterocycles. The molecule has 4 unspecified atom stereocenters. The third kappa shape index (κ3) is 39.9. The number of aliphatic hydroxyl groups excluding tert-OH is 2. The Hall–Kier alpha value is -2.36. The van der Waals surface area contributed by atoms with E-state index < -0.39 is 17.7 Å². The summed E-state index contributed by atoms with van der Waals surface area (Å²) in [5, 5.41) is 18.2. The van der Waals surface area contributed by atoms with Crippen molar-refractivity contribution in [3.05, 3.63) is 0 Å². The molecular formula is C42H82O14. The van der Waals surface area contributed by atoms with Gasteiger partial charge in [0, 0.05) is 0 Å². The van der Waals surface area contributed by atoms with Gasteiger partial charge in [-0.1, -0.05) is 27.7 Å². The summed E-state index contributed by atoms with van der Waals surface area (Å²) in [5.41, 5.74) is -1.73. The Morgan fingerprint density at radius 1 is 0.571 bits per heavy atom. The predicted molar refractivity (Wildman–Crippen MR) is 216 cm³/mol. The maximum atomic E-state index is 12.1. The molecule has 14 nitrogen and oxygen atoms in total. The Kier molecular flexibility index (Phi) is 30.8. The number of esters is 3. The van der Waals surface area contributed by atoms with E-state index in [1.54, 1.807) is 34.6 Å². The van der Waals surface area contributed by atoms with Gasteiger partial charge in [-0.05, 0) is 122 Å². The van der Waals surface area contributed by atoms with Gasteiger partial charge in [0.2, 0.25) is 0 Å². The summed E-state index contributed by atoms with van der Waals surface area (Å²) in [6, 6.07) is 0. The minimum Gasteiger partial charge on any atom is -0.465 e. The molecule has 2 N–H and O–H groups in total. The number of carbonyl (C=O) groups is 4. The molecule has 1 saturated carbocycles. The Morgan fingerprint density at radius 3 is 1.32 bits per heavy atom. The van der Waals surface area contributed by atoms with Crippen LogP contribution in [0.15, 0.2) is 0 Å². The zero-order valence-electron chi connectivity index (χ0n) is 38.1. The van der Waals surface area contributed by atoms with Gasteiger partial charge >= 0.3 is 17.9 Å². The molecule has 1 fully saturated rings. The zero-order valence-corrected chi connectivity index (χ0v) is 38.1. The van der Waals surface area contributed by atoms with E-state index >= 15 is 0 Å². The SMILES string of the molecule is CC(C)(C)OCCOC=O.CC(COC(=O)C(C)C)OC(C)(C)C.CC(COC(=O)C(C)C)OC(C)(C)C(=O)OCCOC(C)(C)C.OC1CCCC(O)CC1.